The lowest BCUT2D eigenvalue weighted by molar-refractivity contribution is 0.594. The van der Waals surface area contributed by atoms with Crippen LogP contribution in [-0.2, 0) is 16.6 Å². The van der Waals surface area contributed by atoms with Crippen molar-refractivity contribution in [2.24, 2.45) is 5.14 Å². The van der Waals surface area contributed by atoms with Gasteiger partial charge >= 0.3 is 0 Å². The topological polar surface area (TPSA) is 78.0 Å². The summed E-state index contributed by atoms with van der Waals surface area (Å²) in [5.74, 6) is 1.12. The highest BCUT2D eigenvalue weighted by atomic mass is 32.2. The van der Waals surface area contributed by atoms with E-state index in [9.17, 15) is 8.42 Å². The summed E-state index contributed by atoms with van der Waals surface area (Å²) in [6, 6.07) is 8.27. The quantitative estimate of drug-likeness (QED) is 0.936. The van der Waals surface area contributed by atoms with Crippen molar-refractivity contribution in [2.75, 3.05) is 0 Å². The van der Waals surface area contributed by atoms with Crippen molar-refractivity contribution in [3.63, 3.8) is 0 Å². The molecular formula is C14H19N3O2S. The van der Waals surface area contributed by atoms with E-state index in [2.05, 4.69) is 31.0 Å². The van der Waals surface area contributed by atoms with Gasteiger partial charge in [0.2, 0.25) is 0 Å². The monoisotopic (exact) mass is 293 g/mol. The van der Waals surface area contributed by atoms with E-state index in [1.807, 2.05) is 12.1 Å². The summed E-state index contributed by atoms with van der Waals surface area (Å²) in [4.78, 5) is 3.97. The molecule has 0 saturated heterocycles. The molecule has 1 heterocycles. The minimum atomic E-state index is -3.75. The predicted molar refractivity (Wildman–Crippen MR) is 78.0 cm³/mol. The molecular weight excluding hydrogens is 274 g/mol. The predicted octanol–water partition coefficient (Wildman–Crippen LogP) is 2.01. The van der Waals surface area contributed by atoms with Gasteiger partial charge in [0.25, 0.3) is 10.0 Å². The van der Waals surface area contributed by atoms with Gasteiger partial charge in [0.15, 0.2) is 5.03 Å². The standard InChI is InChI=1S/C14H19N3O2S/c1-10(2)13-6-4-12(5-7-13)8-17-9-14(16-11(17)3)20(15,18)19/h4-7,9-10H,8H2,1-3H3,(H2,15,18,19). The van der Waals surface area contributed by atoms with Gasteiger partial charge in [-0.1, -0.05) is 38.1 Å². The fourth-order valence-electron chi connectivity index (χ4n) is 1.98. The first-order valence-corrected chi connectivity index (χ1v) is 7.97. The Kier molecular flexibility index (Phi) is 3.96. The fourth-order valence-corrected chi connectivity index (χ4v) is 2.51. The van der Waals surface area contributed by atoms with Crippen molar-refractivity contribution in [3.8, 4) is 0 Å². The zero-order chi connectivity index (χ0) is 14.9. The first-order chi connectivity index (χ1) is 9.27. The number of hydrogen-bond acceptors (Lipinski definition) is 3. The molecule has 108 valence electrons. The summed E-state index contributed by atoms with van der Waals surface area (Å²) in [6.07, 6.45) is 1.47. The number of nitrogens with two attached hydrogens (primary N) is 1. The summed E-state index contributed by atoms with van der Waals surface area (Å²) >= 11 is 0. The number of imidazole rings is 1. The van der Waals surface area contributed by atoms with Crippen LogP contribution in [-0.4, -0.2) is 18.0 Å². The smallest absolute Gasteiger partial charge is 0.257 e. The van der Waals surface area contributed by atoms with E-state index < -0.39 is 10.0 Å². The minimum absolute atomic E-state index is 0.0891. The van der Waals surface area contributed by atoms with Crippen LogP contribution in [0.2, 0.25) is 0 Å². The van der Waals surface area contributed by atoms with E-state index in [-0.39, 0.29) is 5.03 Å². The van der Waals surface area contributed by atoms with E-state index in [4.69, 9.17) is 5.14 Å². The van der Waals surface area contributed by atoms with Gasteiger partial charge in [-0.3, -0.25) is 0 Å². The zero-order valence-corrected chi connectivity index (χ0v) is 12.7. The number of aryl methyl sites for hydroxylation is 1. The lowest BCUT2D eigenvalue weighted by Crippen LogP contribution is -2.12. The molecule has 1 aromatic heterocycles. The van der Waals surface area contributed by atoms with Gasteiger partial charge in [-0.05, 0) is 24.0 Å². The number of hydrogen-bond donors (Lipinski definition) is 1. The molecule has 2 rings (SSSR count). The average molecular weight is 293 g/mol. The number of aromatic nitrogens is 2. The van der Waals surface area contributed by atoms with Gasteiger partial charge in [0, 0.05) is 12.7 Å². The molecule has 0 aliphatic heterocycles. The zero-order valence-electron chi connectivity index (χ0n) is 11.9. The number of nitrogens with zero attached hydrogens (tertiary/aromatic N) is 2. The van der Waals surface area contributed by atoms with Crippen LogP contribution in [0.4, 0.5) is 0 Å². The third kappa shape index (κ3) is 3.26. The molecule has 0 amide bonds. The van der Waals surface area contributed by atoms with Crippen LogP contribution in [0, 0.1) is 6.92 Å². The van der Waals surface area contributed by atoms with E-state index in [1.165, 1.54) is 11.8 Å². The Bertz CT molecular complexity index is 701. The van der Waals surface area contributed by atoms with Crippen LogP contribution in [0.25, 0.3) is 0 Å². The molecule has 20 heavy (non-hydrogen) atoms. The highest BCUT2D eigenvalue weighted by Crippen LogP contribution is 2.16. The largest absolute Gasteiger partial charge is 0.329 e. The van der Waals surface area contributed by atoms with Crippen molar-refractivity contribution >= 4 is 10.0 Å². The summed E-state index contributed by atoms with van der Waals surface area (Å²) in [7, 11) is -3.75. The third-order valence-electron chi connectivity index (χ3n) is 3.24. The van der Waals surface area contributed by atoms with Crippen molar-refractivity contribution in [1.82, 2.24) is 9.55 Å². The van der Waals surface area contributed by atoms with Crippen LogP contribution in [0.3, 0.4) is 0 Å². The Labute approximate surface area is 119 Å². The van der Waals surface area contributed by atoms with Gasteiger partial charge < -0.3 is 4.57 Å². The Balaban J connectivity index is 2.24. The Hall–Kier alpha value is -1.66. The van der Waals surface area contributed by atoms with Gasteiger partial charge in [0.05, 0.1) is 0 Å². The molecule has 0 atom stereocenters. The highest BCUT2D eigenvalue weighted by Gasteiger charge is 2.14. The molecule has 6 heteroatoms. The van der Waals surface area contributed by atoms with Gasteiger partial charge in [0.1, 0.15) is 5.82 Å². The summed E-state index contributed by atoms with van der Waals surface area (Å²) < 4.78 is 24.3. The molecule has 0 spiro atoms. The summed E-state index contributed by atoms with van der Waals surface area (Å²) in [5, 5.41) is 4.99. The summed E-state index contributed by atoms with van der Waals surface area (Å²) in [6.45, 7) is 6.63. The maximum absolute atomic E-state index is 11.3. The third-order valence-corrected chi connectivity index (χ3v) is 4.02. The van der Waals surface area contributed by atoms with Crippen molar-refractivity contribution < 1.29 is 8.42 Å². The molecule has 0 aliphatic rings. The second kappa shape index (κ2) is 5.38. The van der Waals surface area contributed by atoms with E-state index in [0.717, 1.165) is 5.56 Å². The van der Waals surface area contributed by atoms with Crippen LogP contribution >= 0.6 is 0 Å². The van der Waals surface area contributed by atoms with E-state index >= 15 is 0 Å². The molecule has 0 unspecified atom stereocenters. The Morgan fingerprint density at radius 2 is 1.85 bits per heavy atom. The Morgan fingerprint density at radius 1 is 1.25 bits per heavy atom. The Morgan fingerprint density at radius 3 is 2.30 bits per heavy atom. The normalized spacial score (nSPS) is 12.1. The maximum Gasteiger partial charge on any atom is 0.257 e. The second-order valence-electron chi connectivity index (χ2n) is 5.20. The van der Waals surface area contributed by atoms with Crippen molar-refractivity contribution in [3.05, 3.63) is 47.4 Å². The fraction of sp³-hybridized carbons (Fsp3) is 0.357. The molecule has 1 aromatic carbocycles. The van der Waals surface area contributed by atoms with Crippen molar-refractivity contribution in [2.45, 2.75) is 38.3 Å². The maximum atomic E-state index is 11.3. The molecule has 2 N–H and O–H groups in total. The first kappa shape index (κ1) is 14.7. The number of sulfonamides is 1. The molecule has 0 fully saturated rings. The van der Waals surface area contributed by atoms with Crippen molar-refractivity contribution in [1.29, 1.82) is 0 Å². The number of primary sulfonamides is 1. The van der Waals surface area contributed by atoms with Gasteiger partial charge in [-0.15, -0.1) is 0 Å². The number of benzene rings is 1. The lowest BCUT2D eigenvalue weighted by atomic mass is 10.0. The lowest BCUT2D eigenvalue weighted by Gasteiger charge is -2.08. The van der Waals surface area contributed by atoms with Crippen LogP contribution < -0.4 is 5.14 Å². The van der Waals surface area contributed by atoms with Crippen LogP contribution in [0.1, 0.15) is 36.7 Å². The van der Waals surface area contributed by atoms with E-state index in [0.29, 0.717) is 18.3 Å². The SMILES string of the molecule is Cc1nc(S(N)(=O)=O)cn1Cc1ccc(C(C)C)cc1. The van der Waals surface area contributed by atoms with E-state index in [1.54, 1.807) is 11.5 Å². The minimum Gasteiger partial charge on any atom is -0.329 e. The molecule has 0 bridgehead atoms. The highest BCUT2D eigenvalue weighted by molar-refractivity contribution is 7.89. The molecule has 0 aliphatic carbocycles. The van der Waals surface area contributed by atoms with Crippen LogP contribution in [0.15, 0.2) is 35.5 Å². The van der Waals surface area contributed by atoms with Gasteiger partial charge in [-0.25, -0.2) is 18.5 Å². The molecule has 5 nitrogen and oxygen atoms in total. The number of rotatable bonds is 4. The summed E-state index contributed by atoms with van der Waals surface area (Å²) in [5.41, 5.74) is 2.37. The average Bonchev–Trinajstić information content (AvgIpc) is 2.71. The first-order valence-electron chi connectivity index (χ1n) is 6.43. The van der Waals surface area contributed by atoms with Gasteiger partial charge in [-0.2, -0.15) is 0 Å². The second-order valence-corrected chi connectivity index (χ2v) is 6.70. The molecule has 0 saturated carbocycles. The molecule has 0 radical (unpaired) electrons. The van der Waals surface area contributed by atoms with Crippen LogP contribution in [0.5, 0.6) is 0 Å². The molecule has 2 aromatic rings.